The van der Waals surface area contributed by atoms with Crippen molar-refractivity contribution in [2.24, 2.45) is 5.10 Å². The predicted octanol–water partition coefficient (Wildman–Crippen LogP) is 2.44. The molecule has 0 bridgehead atoms. The molecule has 1 aliphatic rings. The van der Waals surface area contributed by atoms with Gasteiger partial charge in [-0.1, -0.05) is 0 Å². The largest absolute Gasteiger partial charge is 0.497 e. The van der Waals surface area contributed by atoms with Gasteiger partial charge in [-0.2, -0.15) is 5.10 Å². The number of hydrogen-bond donors (Lipinski definition) is 0. The Morgan fingerprint density at radius 1 is 1.15 bits per heavy atom. The van der Waals surface area contributed by atoms with Gasteiger partial charge in [0.2, 0.25) is 5.95 Å². The summed E-state index contributed by atoms with van der Waals surface area (Å²) in [6.07, 6.45) is 5.17. The molecule has 33 heavy (non-hydrogen) atoms. The molecule has 170 valence electrons. The van der Waals surface area contributed by atoms with Crippen LogP contribution in [-0.2, 0) is 14.3 Å². The molecule has 1 aromatic carbocycles. The van der Waals surface area contributed by atoms with Crippen molar-refractivity contribution in [3.8, 4) is 5.75 Å². The van der Waals surface area contributed by atoms with Gasteiger partial charge in [-0.05, 0) is 48.0 Å². The van der Waals surface area contributed by atoms with Gasteiger partial charge < -0.3 is 18.8 Å². The van der Waals surface area contributed by atoms with Crippen molar-refractivity contribution in [3.63, 3.8) is 0 Å². The monoisotopic (exact) mass is 449 g/mol. The van der Waals surface area contributed by atoms with E-state index in [-0.39, 0.29) is 6.54 Å². The SMILES string of the molecule is COc1ccc(C2=NN(C(=O)COC(=O)CN(C)c3ncccn3)C(c3ccco3)C2)cc1. The molecule has 3 aromatic rings. The van der Waals surface area contributed by atoms with Gasteiger partial charge in [0.15, 0.2) is 6.61 Å². The van der Waals surface area contributed by atoms with Crippen molar-refractivity contribution in [2.75, 3.05) is 32.2 Å². The third-order valence-corrected chi connectivity index (χ3v) is 5.08. The van der Waals surface area contributed by atoms with Crippen molar-refractivity contribution >= 4 is 23.5 Å². The summed E-state index contributed by atoms with van der Waals surface area (Å²) in [6.45, 7) is -0.543. The summed E-state index contributed by atoms with van der Waals surface area (Å²) in [5.41, 5.74) is 1.59. The molecule has 1 atom stereocenters. The van der Waals surface area contributed by atoms with Crippen molar-refractivity contribution in [2.45, 2.75) is 12.5 Å². The second-order valence-corrected chi connectivity index (χ2v) is 7.31. The number of amides is 1. The number of hydrogen-bond acceptors (Lipinski definition) is 9. The summed E-state index contributed by atoms with van der Waals surface area (Å²) in [4.78, 5) is 34.9. The second-order valence-electron chi connectivity index (χ2n) is 7.31. The van der Waals surface area contributed by atoms with Crippen LogP contribution < -0.4 is 9.64 Å². The molecule has 10 heteroatoms. The summed E-state index contributed by atoms with van der Waals surface area (Å²) in [5, 5.41) is 5.83. The molecular formula is C23H23N5O5. The molecule has 0 saturated heterocycles. The number of likely N-dealkylation sites (N-methyl/N-ethyl adjacent to an activating group) is 1. The van der Waals surface area contributed by atoms with E-state index in [0.29, 0.717) is 18.1 Å². The zero-order valence-electron chi connectivity index (χ0n) is 18.2. The highest BCUT2D eigenvalue weighted by Crippen LogP contribution is 2.33. The summed E-state index contributed by atoms with van der Waals surface area (Å²) in [7, 11) is 3.26. The van der Waals surface area contributed by atoms with Crippen LogP contribution in [0.25, 0.3) is 0 Å². The lowest BCUT2D eigenvalue weighted by Crippen LogP contribution is -2.34. The van der Waals surface area contributed by atoms with Gasteiger partial charge in [0.25, 0.3) is 5.91 Å². The minimum absolute atomic E-state index is 0.0979. The number of carbonyl (C=O) groups is 2. The standard InChI is InChI=1S/C23H23N5O5/c1-27(23-24-10-4-11-25-23)14-22(30)33-15-21(29)28-19(20-5-3-12-32-20)13-18(26-28)16-6-8-17(31-2)9-7-16/h3-12,19H,13-15H2,1-2H3. The summed E-state index contributed by atoms with van der Waals surface area (Å²) in [5.74, 6) is 0.679. The van der Waals surface area contributed by atoms with Crippen LogP contribution in [0.3, 0.4) is 0 Å². The maximum atomic E-state index is 12.9. The summed E-state index contributed by atoms with van der Waals surface area (Å²) in [6, 6.07) is 12.2. The van der Waals surface area contributed by atoms with Crippen molar-refractivity contribution in [3.05, 3.63) is 72.4 Å². The first kappa shape index (κ1) is 22.0. The Kier molecular flexibility index (Phi) is 6.63. The number of esters is 1. The van der Waals surface area contributed by atoms with E-state index in [0.717, 1.165) is 17.0 Å². The van der Waals surface area contributed by atoms with Gasteiger partial charge >= 0.3 is 5.97 Å². The molecular weight excluding hydrogens is 426 g/mol. The summed E-state index contributed by atoms with van der Waals surface area (Å²) < 4.78 is 15.9. The van der Waals surface area contributed by atoms with Crippen LogP contribution in [0.5, 0.6) is 5.75 Å². The van der Waals surface area contributed by atoms with Crippen LogP contribution in [0.4, 0.5) is 5.95 Å². The highest BCUT2D eigenvalue weighted by molar-refractivity contribution is 6.03. The van der Waals surface area contributed by atoms with Crippen molar-refractivity contribution in [1.29, 1.82) is 0 Å². The Labute approximate surface area is 190 Å². The molecule has 10 nitrogen and oxygen atoms in total. The summed E-state index contributed by atoms with van der Waals surface area (Å²) >= 11 is 0. The van der Waals surface area contributed by atoms with E-state index >= 15 is 0 Å². The fourth-order valence-electron chi connectivity index (χ4n) is 3.41. The van der Waals surface area contributed by atoms with E-state index in [1.54, 1.807) is 51.0 Å². The fourth-order valence-corrected chi connectivity index (χ4v) is 3.41. The number of furan rings is 1. The molecule has 0 spiro atoms. The highest BCUT2D eigenvalue weighted by atomic mass is 16.5. The lowest BCUT2D eigenvalue weighted by molar-refractivity contribution is -0.151. The first-order valence-corrected chi connectivity index (χ1v) is 10.3. The van der Waals surface area contributed by atoms with E-state index < -0.39 is 24.5 Å². The van der Waals surface area contributed by atoms with Crippen LogP contribution in [0, 0.1) is 0 Å². The van der Waals surface area contributed by atoms with E-state index in [9.17, 15) is 9.59 Å². The molecule has 1 amide bonds. The molecule has 2 aromatic heterocycles. The molecule has 3 heterocycles. The Morgan fingerprint density at radius 2 is 1.91 bits per heavy atom. The second kappa shape index (κ2) is 9.94. The Balaban J connectivity index is 1.43. The van der Waals surface area contributed by atoms with Gasteiger partial charge in [-0.3, -0.25) is 9.59 Å². The molecule has 0 saturated carbocycles. The normalized spacial score (nSPS) is 15.2. The highest BCUT2D eigenvalue weighted by Gasteiger charge is 2.35. The van der Waals surface area contributed by atoms with E-state index in [1.807, 2.05) is 24.3 Å². The van der Waals surface area contributed by atoms with Crippen LogP contribution in [0.15, 0.2) is 70.6 Å². The number of hydrazone groups is 1. The number of benzene rings is 1. The van der Waals surface area contributed by atoms with Gasteiger partial charge in [0.1, 0.15) is 24.1 Å². The van der Waals surface area contributed by atoms with Crippen LogP contribution in [0.1, 0.15) is 23.8 Å². The average molecular weight is 449 g/mol. The average Bonchev–Trinajstić information content (AvgIpc) is 3.53. The Bertz CT molecular complexity index is 1120. The molecule has 1 aliphatic heterocycles. The lowest BCUT2D eigenvalue weighted by Gasteiger charge is -2.20. The zero-order valence-corrected chi connectivity index (χ0v) is 18.2. The van der Waals surface area contributed by atoms with Gasteiger partial charge in [0, 0.05) is 25.9 Å². The number of carbonyl (C=O) groups excluding carboxylic acids is 2. The molecule has 0 N–H and O–H groups in total. The number of anilines is 1. The molecule has 0 fully saturated rings. The Hall–Kier alpha value is -4.21. The van der Waals surface area contributed by atoms with Gasteiger partial charge in [0.05, 0.1) is 19.1 Å². The number of ether oxygens (including phenoxy) is 2. The van der Waals surface area contributed by atoms with Crippen molar-refractivity contribution < 1.29 is 23.5 Å². The third-order valence-electron chi connectivity index (χ3n) is 5.08. The zero-order chi connectivity index (χ0) is 23.2. The molecule has 1 unspecified atom stereocenters. The quantitative estimate of drug-likeness (QED) is 0.482. The third kappa shape index (κ3) is 5.17. The first-order valence-electron chi connectivity index (χ1n) is 10.3. The maximum absolute atomic E-state index is 12.9. The van der Waals surface area contributed by atoms with E-state index in [1.165, 1.54) is 9.91 Å². The van der Waals surface area contributed by atoms with Crippen LogP contribution in [0.2, 0.25) is 0 Å². The predicted molar refractivity (Wildman–Crippen MR) is 119 cm³/mol. The molecule has 4 rings (SSSR count). The Morgan fingerprint density at radius 3 is 2.58 bits per heavy atom. The van der Waals surface area contributed by atoms with Gasteiger partial charge in [-0.15, -0.1) is 0 Å². The number of methoxy groups -OCH3 is 1. The number of nitrogens with zero attached hydrogens (tertiary/aromatic N) is 5. The minimum atomic E-state index is -0.577. The van der Waals surface area contributed by atoms with E-state index in [4.69, 9.17) is 13.9 Å². The van der Waals surface area contributed by atoms with Crippen molar-refractivity contribution in [1.82, 2.24) is 15.0 Å². The fraction of sp³-hybridized carbons (Fsp3) is 0.261. The van der Waals surface area contributed by atoms with Crippen LogP contribution >= 0.6 is 0 Å². The maximum Gasteiger partial charge on any atom is 0.326 e. The first-order chi connectivity index (χ1) is 16.0. The van der Waals surface area contributed by atoms with Gasteiger partial charge in [-0.25, -0.2) is 15.0 Å². The van der Waals surface area contributed by atoms with Crippen LogP contribution in [-0.4, -0.2) is 59.9 Å². The topological polar surface area (TPSA) is 110 Å². The van der Waals surface area contributed by atoms with E-state index in [2.05, 4.69) is 15.1 Å². The number of rotatable bonds is 8. The lowest BCUT2D eigenvalue weighted by atomic mass is 10.0. The molecule has 0 aliphatic carbocycles. The minimum Gasteiger partial charge on any atom is -0.497 e. The number of aromatic nitrogens is 2. The smallest absolute Gasteiger partial charge is 0.326 e. The molecule has 0 radical (unpaired) electrons.